The van der Waals surface area contributed by atoms with Crippen LogP contribution in [0, 0.1) is 6.07 Å². The van der Waals surface area contributed by atoms with Gasteiger partial charge in [0.25, 0.3) is 0 Å². The minimum absolute atomic E-state index is 0.981. The van der Waals surface area contributed by atoms with Crippen LogP contribution in [0.1, 0.15) is 0 Å². The molecule has 0 saturated heterocycles. The monoisotopic (exact) mass is 382 g/mol. The molecule has 0 bridgehead atoms. The molecular formula is C29H20N. The predicted octanol–water partition coefficient (Wildman–Crippen LogP) is 7.55. The van der Waals surface area contributed by atoms with Crippen LogP contribution in [0.2, 0.25) is 0 Å². The van der Waals surface area contributed by atoms with Crippen LogP contribution in [-0.4, -0.2) is 4.98 Å². The van der Waals surface area contributed by atoms with Gasteiger partial charge in [0.15, 0.2) is 0 Å². The molecule has 0 aliphatic heterocycles. The zero-order valence-corrected chi connectivity index (χ0v) is 16.5. The first-order chi connectivity index (χ1) is 14.9. The molecule has 30 heavy (non-hydrogen) atoms. The molecule has 0 saturated carbocycles. The second kappa shape index (κ2) is 8.18. The van der Waals surface area contributed by atoms with E-state index in [1.807, 2.05) is 36.5 Å². The molecule has 0 amide bonds. The van der Waals surface area contributed by atoms with Crippen molar-refractivity contribution in [3.8, 4) is 44.6 Å². The highest BCUT2D eigenvalue weighted by Crippen LogP contribution is 2.39. The third-order valence-corrected chi connectivity index (χ3v) is 5.30. The first-order valence-corrected chi connectivity index (χ1v) is 10.1. The topological polar surface area (TPSA) is 12.9 Å². The Bertz CT molecular complexity index is 1240. The van der Waals surface area contributed by atoms with Crippen molar-refractivity contribution in [3.63, 3.8) is 0 Å². The average Bonchev–Trinajstić information content (AvgIpc) is 2.85. The Morgan fingerprint density at radius 2 is 1.10 bits per heavy atom. The van der Waals surface area contributed by atoms with E-state index in [4.69, 9.17) is 4.98 Å². The predicted molar refractivity (Wildman–Crippen MR) is 125 cm³/mol. The molecule has 1 heteroatoms. The normalized spacial score (nSPS) is 10.7. The van der Waals surface area contributed by atoms with Crippen LogP contribution in [0.4, 0.5) is 0 Å². The van der Waals surface area contributed by atoms with Crippen molar-refractivity contribution in [2.45, 2.75) is 0 Å². The fraction of sp³-hybridized carbons (Fsp3) is 0. The molecule has 5 aromatic rings. The third kappa shape index (κ3) is 3.54. The zero-order chi connectivity index (χ0) is 20.2. The lowest BCUT2D eigenvalue weighted by Crippen LogP contribution is -1.91. The van der Waals surface area contributed by atoms with Crippen LogP contribution in [-0.2, 0) is 0 Å². The maximum atomic E-state index is 4.76. The fourth-order valence-electron chi connectivity index (χ4n) is 3.85. The van der Waals surface area contributed by atoms with Crippen molar-refractivity contribution in [2.75, 3.05) is 0 Å². The van der Waals surface area contributed by atoms with Crippen LogP contribution in [0.5, 0.6) is 0 Å². The van der Waals surface area contributed by atoms with E-state index in [0.29, 0.717) is 0 Å². The Morgan fingerprint density at radius 3 is 1.73 bits per heavy atom. The quantitative estimate of drug-likeness (QED) is 0.313. The zero-order valence-electron chi connectivity index (χ0n) is 16.5. The lowest BCUT2D eigenvalue weighted by Gasteiger charge is -2.16. The minimum atomic E-state index is 0.981. The molecule has 4 aromatic carbocycles. The van der Waals surface area contributed by atoms with Gasteiger partial charge in [-0.2, -0.15) is 0 Å². The highest BCUT2D eigenvalue weighted by atomic mass is 14.7. The van der Waals surface area contributed by atoms with Crippen LogP contribution in [0.25, 0.3) is 44.6 Å². The number of rotatable bonds is 4. The van der Waals surface area contributed by atoms with Gasteiger partial charge in [-0.25, -0.2) is 0 Å². The third-order valence-electron chi connectivity index (χ3n) is 5.30. The lowest BCUT2D eigenvalue weighted by molar-refractivity contribution is 1.32. The van der Waals surface area contributed by atoms with E-state index in [1.54, 1.807) is 0 Å². The molecule has 1 aromatic heterocycles. The Balaban J connectivity index is 1.67. The number of pyridine rings is 1. The molecule has 0 aliphatic carbocycles. The molecule has 0 aliphatic rings. The molecule has 1 heterocycles. The fourth-order valence-corrected chi connectivity index (χ4v) is 3.85. The molecule has 1 nitrogen and oxygen atoms in total. The second-order valence-electron chi connectivity index (χ2n) is 7.18. The summed E-state index contributed by atoms with van der Waals surface area (Å²) in [6, 6.07) is 42.9. The van der Waals surface area contributed by atoms with Gasteiger partial charge < -0.3 is 0 Å². The van der Waals surface area contributed by atoms with Crippen molar-refractivity contribution in [2.24, 2.45) is 0 Å². The van der Waals surface area contributed by atoms with Gasteiger partial charge in [0.1, 0.15) is 0 Å². The molecule has 0 atom stereocenters. The lowest BCUT2D eigenvalue weighted by atomic mass is 9.88. The number of hydrogen-bond acceptors (Lipinski definition) is 1. The summed E-state index contributed by atoms with van der Waals surface area (Å²) in [5, 5.41) is 0. The van der Waals surface area contributed by atoms with Gasteiger partial charge in [-0.15, -0.1) is 0 Å². The smallest absolute Gasteiger partial charge is 0.0702 e. The van der Waals surface area contributed by atoms with Crippen LogP contribution in [0.15, 0.2) is 121 Å². The average molecular weight is 382 g/mol. The minimum Gasteiger partial charge on any atom is -0.256 e. The Morgan fingerprint density at radius 1 is 0.467 bits per heavy atom. The number of hydrogen-bond donors (Lipinski definition) is 0. The van der Waals surface area contributed by atoms with Crippen molar-refractivity contribution in [1.82, 2.24) is 4.98 Å². The van der Waals surface area contributed by atoms with E-state index >= 15 is 0 Å². The molecule has 0 fully saturated rings. The summed E-state index contributed by atoms with van der Waals surface area (Å²) in [6.45, 7) is 0. The van der Waals surface area contributed by atoms with E-state index in [2.05, 4.69) is 91.0 Å². The summed E-state index contributed by atoms with van der Waals surface area (Å²) in [4.78, 5) is 4.76. The summed E-state index contributed by atoms with van der Waals surface area (Å²) in [5.74, 6) is 0. The standard InChI is InChI=1S/C29H20N/c1-4-11-22(12-5-1)26-17-10-18-27(29(26)24-15-8-3-9-16-24)25-19-20-28(30-21-25)23-13-6-2-7-14-23/h1-2,4-21H. The Labute approximate surface area is 177 Å². The second-order valence-corrected chi connectivity index (χ2v) is 7.18. The van der Waals surface area contributed by atoms with E-state index in [0.717, 1.165) is 16.8 Å². The maximum absolute atomic E-state index is 4.76. The number of nitrogens with zero attached hydrogens (tertiary/aromatic N) is 1. The van der Waals surface area contributed by atoms with Crippen LogP contribution >= 0.6 is 0 Å². The first-order valence-electron chi connectivity index (χ1n) is 10.1. The summed E-state index contributed by atoms with van der Waals surface area (Å²) < 4.78 is 0. The summed E-state index contributed by atoms with van der Waals surface area (Å²) in [5.41, 5.74) is 9.20. The number of aromatic nitrogens is 1. The van der Waals surface area contributed by atoms with E-state index in [-0.39, 0.29) is 0 Å². The Hall–Kier alpha value is -3.97. The van der Waals surface area contributed by atoms with E-state index in [9.17, 15) is 0 Å². The maximum Gasteiger partial charge on any atom is 0.0702 e. The van der Waals surface area contributed by atoms with Gasteiger partial charge in [0, 0.05) is 17.3 Å². The number of benzene rings is 4. The van der Waals surface area contributed by atoms with E-state index < -0.39 is 0 Å². The molecule has 0 unspecified atom stereocenters. The van der Waals surface area contributed by atoms with Crippen molar-refractivity contribution >= 4 is 0 Å². The molecule has 0 N–H and O–H groups in total. The van der Waals surface area contributed by atoms with Gasteiger partial charge in [-0.1, -0.05) is 109 Å². The molecule has 1 radical (unpaired) electrons. The largest absolute Gasteiger partial charge is 0.256 e. The summed E-state index contributed by atoms with van der Waals surface area (Å²) >= 11 is 0. The molecule has 5 rings (SSSR count). The SMILES string of the molecule is [c]1ccc(-c2c(-c3ccccc3)cccc2-c2ccc(-c3ccccc3)nc2)cc1. The van der Waals surface area contributed by atoms with Crippen LogP contribution < -0.4 is 0 Å². The van der Waals surface area contributed by atoms with E-state index in [1.165, 1.54) is 27.8 Å². The molecular weight excluding hydrogens is 362 g/mol. The van der Waals surface area contributed by atoms with Crippen molar-refractivity contribution in [1.29, 1.82) is 0 Å². The highest BCUT2D eigenvalue weighted by molar-refractivity contribution is 5.94. The van der Waals surface area contributed by atoms with Crippen molar-refractivity contribution in [3.05, 3.63) is 128 Å². The summed E-state index contributed by atoms with van der Waals surface area (Å²) in [6.07, 6.45) is 1.98. The van der Waals surface area contributed by atoms with Gasteiger partial charge in [0.2, 0.25) is 0 Å². The Kier molecular flexibility index (Phi) is 4.93. The van der Waals surface area contributed by atoms with Gasteiger partial charge in [0.05, 0.1) is 5.69 Å². The highest BCUT2D eigenvalue weighted by Gasteiger charge is 2.14. The van der Waals surface area contributed by atoms with Gasteiger partial charge >= 0.3 is 0 Å². The first kappa shape index (κ1) is 18.1. The van der Waals surface area contributed by atoms with Crippen molar-refractivity contribution < 1.29 is 0 Å². The van der Waals surface area contributed by atoms with Gasteiger partial charge in [-0.3, -0.25) is 4.98 Å². The summed E-state index contributed by atoms with van der Waals surface area (Å²) in [7, 11) is 0. The molecule has 0 spiro atoms. The van der Waals surface area contributed by atoms with Crippen LogP contribution in [0.3, 0.4) is 0 Å². The van der Waals surface area contributed by atoms with Gasteiger partial charge in [-0.05, 0) is 39.9 Å². The molecule has 141 valence electrons.